The number of hydrogen-bond acceptors (Lipinski definition) is 4. The van der Waals surface area contributed by atoms with Crippen LogP contribution in [0.25, 0.3) is 0 Å². The normalized spacial score (nSPS) is 24.0. The molecule has 0 aromatic rings. The summed E-state index contributed by atoms with van der Waals surface area (Å²) in [5.74, 6) is 0. The van der Waals surface area contributed by atoms with Crippen LogP contribution in [0.2, 0.25) is 0 Å². The van der Waals surface area contributed by atoms with Crippen LogP contribution in [0.3, 0.4) is 0 Å². The summed E-state index contributed by atoms with van der Waals surface area (Å²) in [5.41, 5.74) is 5.29. The second-order valence-corrected chi connectivity index (χ2v) is 2.41. The average molecular weight is 160 g/mol. The zero-order valence-corrected chi connectivity index (χ0v) is 6.19. The SMILES string of the molecule is NC[C@H]1CN(CCO)C(=O)O1. The third-order valence-electron chi connectivity index (χ3n) is 1.58. The van der Waals surface area contributed by atoms with E-state index < -0.39 is 0 Å². The predicted molar refractivity (Wildman–Crippen MR) is 38.0 cm³/mol. The molecule has 0 aliphatic carbocycles. The third kappa shape index (κ3) is 1.81. The quantitative estimate of drug-likeness (QED) is 0.541. The first-order chi connectivity index (χ1) is 5.27. The molecule has 0 radical (unpaired) electrons. The van der Waals surface area contributed by atoms with Gasteiger partial charge in [0.25, 0.3) is 0 Å². The van der Waals surface area contributed by atoms with E-state index in [4.69, 9.17) is 15.6 Å². The van der Waals surface area contributed by atoms with Crippen LogP contribution in [0.4, 0.5) is 4.79 Å². The molecular weight excluding hydrogens is 148 g/mol. The Morgan fingerprint density at radius 2 is 2.55 bits per heavy atom. The molecule has 0 bridgehead atoms. The molecule has 5 heteroatoms. The van der Waals surface area contributed by atoms with Gasteiger partial charge < -0.3 is 20.5 Å². The molecule has 5 nitrogen and oxygen atoms in total. The first-order valence-corrected chi connectivity index (χ1v) is 3.54. The molecule has 1 atom stereocenters. The molecule has 1 heterocycles. The zero-order valence-electron chi connectivity index (χ0n) is 6.19. The van der Waals surface area contributed by atoms with E-state index in [1.54, 1.807) is 0 Å². The summed E-state index contributed by atoms with van der Waals surface area (Å²) >= 11 is 0. The van der Waals surface area contributed by atoms with Gasteiger partial charge in [-0.1, -0.05) is 0 Å². The number of nitrogens with two attached hydrogens (primary N) is 1. The van der Waals surface area contributed by atoms with Crippen LogP contribution in [0, 0.1) is 0 Å². The van der Waals surface area contributed by atoms with Crippen molar-refractivity contribution in [3.8, 4) is 0 Å². The number of ether oxygens (including phenoxy) is 1. The van der Waals surface area contributed by atoms with Crippen molar-refractivity contribution in [1.29, 1.82) is 0 Å². The molecule has 1 amide bonds. The van der Waals surface area contributed by atoms with Crippen molar-refractivity contribution in [1.82, 2.24) is 4.90 Å². The van der Waals surface area contributed by atoms with Crippen molar-refractivity contribution >= 4 is 6.09 Å². The van der Waals surface area contributed by atoms with E-state index in [1.165, 1.54) is 4.90 Å². The fourth-order valence-corrected chi connectivity index (χ4v) is 1.00. The highest BCUT2D eigenvalue weighted by Crippen LogP contribution is 2.08. The van der Waals surface area contributed by atoms with Crippen LogP contribution in [-0.4, -0.2) is 48.4 Å². The number of aliphatic hydroxyl groups excluding tert-OH is 1. The van der Waals surface area contributed by atoms with Gasteiger partial charge in [-0.15, -0.1) is 0 Å². The monoisotopic (exact) mass is 160 g/mol. The number of hydrogen-bond donors (Lipinski definition) is 2. The van der Waals surface area contributed by atoms with Gasteiger partial charge in [-0.05, 0) is 0 Å². The minimum atomic E-state index is -0.380. The van der Waals surface area contributed by atoms with Gasteiger partial charge in [0.1, 0.15) is 6.10 Å². The molecular formula is C6H12N2O3. The summed E-state index contributed by atoms with van der Waals surface area (Å²) in [6, 6.07) is 0. The number of carbonyl (C=O) groups excluding carboxylic acids is 1. The molecule has 0 saturated carbocycles. The van der Waals surface area contributed by atoms with Crippen molar-refractivity contribution in [2.24, 2.45) is 5.73 Å². The lowest BCUT2D eigenvalue weighted by Crippen LogP contribution is -2.29. The summed E-state index contributed by atoms with van der Waals surface area (Å²) in [6.07, 6.45) is -0.580. The van der Waals surface area contributed by atoms with E-state index in [0.717, 1.165) is 0 Å². The molecule has 1 aliphatic rings. The number of β-amino-alcohol motifs (C(OH)–C–C–N with tert-alkyl or cyclic N) is 1. The van der Waals surface area contributed by atoms with Crippen molar-refractivity contribution in [3.63, 3.8) is 0 Å². The van der Waals surface area contributed by atoms with Gasteiger partial charge in [-0.25, -0.2) is 4.79 Å². The highest BCUT2D eigenvalue weighted by atomic mass is 16.6. The van der Waals surface area contributed by atoms with E-state index in [-0.39, 0.29) is 18.8 Å². The lowest BCUT2D eigenvalue weighted by Gasteiger charge is -2.08. The highest BCUT2D eigenvalue weighted by molar-refractivity contribution is 5.69. The highest BCUT2D eigenvalue weighted by Gasteiger charge is 2.29. The molecule has 1 aliphatic heterocycles. The largest absolute Gasteiger partial charge is 0.443 e. The molecule has 64 valence electrons. The van der Waals surface area contributed by atoms with Gasteiger partial charge >= 0.3 is 6.09 Å². The van der Waals surface area contributed by atoms with Gasteiger partial charge in [0.2, 0.25) is 0 Å². The van der Waals surface area contributed by atoms with Gasteiger partial charge in [-0.2, -0.15) is 0 Å². The molecule has 0 aromatic carbocycles. The lowest BCUT2D eigenvalue weighted by atomic mass is 10.3. The summed E-state index contributed by atoms with van der Waals surface area (Å²) in [6.45, 7) is 1.13. The second-order valence-electron chi connectivity index (χ2n) is 2.41. The first kappa shape index (κ1) is 8.29. The Kier molecular flexibility index (Phi) is 2.67. The second kappa shape index (κ2) is 3.54. The van der Waals surface area contributed by atoms with Crippen LogP contribution in [0.1, 0.15) is 0 Å². The van der Waals surface area contributed by atoms with Crippen LogP contribution < -0.4 is 5.73 Å². The van der Waals surface area contributed by atoms with Gasteiger partial charge in [0.05, 0.1) is 13.2 Å². The fraction of sp³-hybridized carbons (Fsp3) is 0.833. The molecule has 1 saturated heterocycles. The lowest BCUT2D eigenvalue weighted by molar-refractivity contribution is 0.132. The zero-order chi connectivity index (χ0) is 8.27. The maximum Gasteiger partial charge on any atom is 0.410 e. The van der Waals surface area contributed by atoms with Crippen LogP contribution in [-0.2, 0) is 4.74 Å². The van der Waals surface area contributed by atoms with Crippen molar-refractivity contribution in [3.05, 3.63) is 0 Å². The van der Waals surface area contributed by atoms with Crippen LogP contribution in [0.15, 0.2) is 0 Å². The van der Waals surface area contributed by atoms with E-state index in [9.17, 15) is 4.79 Å². The van der Waals surface area contributed by atoms with Crippen LogP contribution >= 0.6 is 0 Å². The average Bonchev–Trinajstić information content (AvgIpc) is 2.33. The molecule has 11 heavy (non-hydrogen) atoms. The molecule has 0 aromatic heterocycles. The Hall–Kier alpha value is -0.810. The Balaban J connectivity index is 2.38. The number of aliphatic hydroxyl groups is 1. The minimum Gasteiger partial charge on any atom is -0.443 e. The van der Waals surface area contributed by atoms with Crippen molar-refractivity contribution in [2.75, 3.05) is 26.2 Å². The summed E-state index contributed by atoms with van der Waals surface area (Å²) in [4.78, 5) is 12.3. The molecule has 3 N–H and O–H groups in total. The van der Waals surface area contributed by atoms with Crippen molar-refractivity contribution < 1.29 is 14.6 Å². The molecule has 0 spiro atoms. The molecule has 0 unspecified atom stereocenters. The fourth-order valence-electron chi connectivity index (χ4n) is 1.00. The minimum absolute atomic E-state index is 0.0353. The summed E-state index contributed by atoms with van der Waals surface area (Å²) < 4.78 is 4.83. The van der Waals surface area contributed by atoms with Gasteiger partial charge in [0, 0.05) is 13.1 Å². The standard InChI is InChI=1S/C6H12N2O3/c7-3-5-4-8(1-2-9)6(10)11-5/h5,9H,1-4,7H2/t5-/m0/s1. The van der Waals surface area contributed by atoms with E-state index in [2.05, 4.69) is 0 Å². The maximum atomic E-state index is 10.9. The molecule has 1 rings (SSSR count). The smallest absolute Gasteiger partial charge is 0.410 e. The maximum absolute atomic E-state index is 10.9. The first-order valence-electron chi connectivity index (χ1n) is 3.54. The topological polar surface area (TPSA) is 75.8 Å². The van der Waals surface area contributed by atoms with E-state index in [1.807, 2.05) is 0 Å². The predicted octanol–water partition coefficient (Wildman–Crippen LogP) is -1.24. The van der Waals surface area contributed by atoms with E-state index >= 15 is 0 Å². The Morgan fingerprint density at radius 1 is 1.82 bits per heavy atom. The molecule has 1 fully saturated rings. The number of carbonyl (C=O) groups is 1. The Morgan fingerprint density at radius 3 is 3.00 bits per heavy atom. The summed E-state index contributed by atoms with van der Waals surface area (Å²) in [7, 11) is 0. The number of nitrogens with zero attached hydrogens (tertiary/aromatic N) is 1. The van der Waals surface area contributed by atoms with Gasteiger partial charge in [-0.3, -0.25) is 0 Å². The number of cyclic esters (lactones) is 1. The van der Waals surface area contributed by atoms with Gasteiger partial charge in [0.15, 0.2) is 0 Å². The Bertz CT molecular complexity index is 151. The third-order valence-corrected chi connectivity index (χ3v) is 1.58. The number of amides is 1. The Labute approximate surface area is 64.7 Å². The van der Waals surface area contributed by atoms with E-state index in [0.29, 0.717) is 19.6 Å². The van der Waals surface area contributed by atoms with Crippen molar-refractivity contribution in [2.45, 2.75) is 6.10 Å². The number of rotatable bonds is 3. The van der Waals surface area contributed by atoms with Crippen LogP contribution in [0.5, 0.6) is 0 Å². The summed E-state index contributed by atoms with van der Waals surface area (Å²) in [5, 5.41) is 8.52.